The van der Waals surface area contributed by atoms with Gasteiger partial charge in [0.15, 0.2) is 0 Å². The molecule has 5 heteroatoms. The lowest BCUT2D eigenvalue weighted by Crippen LogP contribution is -2.20. The Bertz CT molecular complexity index is 286. The summed E-state index contributed by atoms with van der Waals surface area (Å²) in [7, 11) is 0. The third-order valence-corrected chi connectivity index (χ3v) is 3.54. The molecule has 1 aromatic heterocycles. The quantitative estimate of drug-likeness (QED) is 0.835. The Morgan fingerprint density at radius 3 is 2.67 bits per heavy atom. The van der Waals surface area contributed by atoms with E-state index in [-0.39, 0.29) is 0 Å². The van der Waals surface area contributed by atoms with E-state index in [2.05, 4.69) is 41.7 Å². The smallest absolute Gasteiger partial charge is 0.202 e. The zero-order valence-corrected chi connectivity index (χ0v) is 11.4. The summed E-state index contributed by atoms with van der Waals surface area (Å²) < 4.78 is 4.32. The molecule has 0 saturated heterocycles. The summed E-state index contributed by atoms with van der Waals surface area (Å²) in [6.45, 7) is 6.42. The lowest BCUT2D eigenvalue weighted by Gasteiger charge is -2.13. The largest absolute Gasteiger partial charge is 0.357 e. The molecule has 1 rings (SSSR count). The van der Waals surface area contributed by atoms with Crippen LogP contribution in [-0.4, -0.2) is 27.4 Å². The second-order valence-corrected chi connectivity index (χ2v) is 5.48. The molecule has 0 aliphatic carbocycles. The molecular weight excluding hydrogens is 226 g/mol. The van der Waals surface area contributed by atoms with Crippen LogP contribution in [0, 0.1) is 0 Å². The fraction of sp³-hybridized carbons (Fsp3) is 0.800. The van der Waals surface area contributed by atoms with Crippen LogP contribution in [0.15, 0.2) is 0 Å². The highest BCUT2D eigenvalue weighted by molar-refractivity contribution is 7.98. The van der Waals surface area contributed by atoms with E-state index in [1.807, 2.05) is 11.8 Å². The van der Waals surface area contributed by atoms with Gasteiger partial charge in [-0.25, -0.2) is 4.98 Å². The number of thioether (sulfide) groups is 1. The van der Waals surface area contributed by atoms with Crippen LogP contribution in [0.2, 0.25) is 0 Å². The van der Waals surface area contributed by atoms with Crippen molar-refractivity contribution in [3.63, 3.8) is 0 Å². The third kappa shape index (κ3) is 3.99. The van der Waals surface area contributed by atoms with Gasteiger partial charge in [0.25, 0.3) is 0 Å². The van der Waals surface area contributed by atoms with Gasteiger partial charge in [-0.3, -0.25) is 0 Å². The lowest BCUT2D eigenvalue weighted by molar-refractivity contribution is 0.764. The lowest BCUT2D eigenvalue weighted by atomic mass is 10.2. The highest BCUT2D eigenvalue weighted by Crippen LogP contribution is 2.19. The van der Waals surface area contributed by atoms with E-state index in [1.54, 1.807) is 0 Å². The van der Waals surface area contributed by atoms with Crippen LogP contribution in [0.4, 0.5) is 5.13 Å². The van der Waals surface area contributed by atoms with Gasteiger partial charge >= 0.3 is 0 Å². The van der Waals surface area contributed by atoms with E-state index in [0.717, 1.165) is 23.1 Å². The zero-order chi connectivity index (χ0) is 11.3. The van der Waals surface area contributed by atoms with Crippen LogP contribution in [0.1, 0.15) is 38.9 Å². The van der Waals surface area contributed by atoms with Crippen molar-refractivity contribution in [2.45, 2.75) is 39.2 Å². The summed E-state index contributed by atoms with van der Waals surface area (Å²) in [6, 6.07) is 0.507. The van der Waals surface area contributed by atoms with E-state index in [4.69, 9.17) is 0 Å². The maximum Gasteiger partial charge on any atom is 0.202 e. The summed E-state index contributed by atoms with van der Waals surface area (Å²) in [5, 5.41) is 4.39. The van der Waals surface area contributed by atoms with E-state index in [1.165, 1.54) is 11.5 Å². The number of aromatic nitrogens is 2. The third-order valence-electron chi connectivity index (χ3n) is 2.15. The Morgan fingerprint density at radius 2 is 2.20 bits per heavy atom. The summed E-state index contributed by atoms with van der Waals surface area (Å²) in [5.74, 6) is 2.48. The molecule has 1 N–H and O–H groups in total. The second kappa shape index (κ2) is 6.33. The van der Waals surface area contributed by atoms with Crippen molar-refractivity contribution in [3.05, 3.63) is 5.82 Å². The van der Waals surface area contributed by atoms with Crippen molar-refractivity contribution in [3.8, 4) is 0 Å². The molecule has 1 aromatic rings. The van der Waals surface area contributed by atoms with Gasteiger partial charge in [0, 0.05) is 29.2 Å². The molecule has 0 aromatic carbocycles. The first-order valence-corrected chi connectivity index (χ1v) is 7.43. The molecule has 1 unspecified atom stereocenters. The standard InChI is InChI=1S/C10H19N3S2/c1-5-8(6-14-4)11-10-12-9(7(2)3)13-15-10/h7-8H,5-6H2,1-4H3,(H,11,12,13). The van der Waals surface area contributed by atoms with Gasteiger partial charge in [-0.1, -0.05) is 20.8 Å². The van der Waals surface area contributed by atoms with E-state index < -0.39 is 0 Å². The van der Waals surface area contributed by atoms with E-state index in [0.29, 0.717) is 12.0 Å². The summed E-state index contributed by atoms with van der Waals surface area (Å²) >= 11 is 3.33. The Kier molecular flexibility index (Phi) is 5.39. The molecule has 3 nitrogen and oxygen atoms in total. The molecule has 1 heterocycles. The van der Waals surface area contributed by atoms with Crippen LogP contribution in [0.5, 0.6) is 0 Å². The summed E-state index contributed by atoms with van der Waals surface area (Å²) in [4.78, 5) is 4.47. The van der Waals surface area contributed by atoms with E-state index in [9.17, 15) is 0 Å². The zero-order valence-electron chi connectivity index (χ0n) is 9.78. The van der Waals surface area contributed by atoms with Gasteiger partial charge in [-0.05, 0) is 12.7 Å². The molecule has 0 saturated carbocycles. The number of nitrogens with one attached hydrogen (secondary N) is 1. The average Bonchev–Trinajstić information content (AvgIpc) is 2.65. The molecule has 15 heavy (non-hydrogen) atoms. The molecule has 0 bridgehead atoms. The number of nitrogens with zero attached hydrogens (tertiary/aromatic N) is 2. The van der Waals surface area contributed by atoms with Crippen molar-refractivity contribution in [1.82, 2.24) is 9.36 Å². The first kappa shape index (κ1) is 12.8. The fourth-order valence-corrected chi connectivity index (χ4v) is 2.67. The van der Waals surface area contributed by atoms with E-state index >= 15 is 0 Å². The van der Waals surface area contributed by atoms with Gasteiger partial charge in [0.1, 0.15) is 5.82 Å². The van der Waals surface area contributed by atoms with Crippen LogP contribution in [0.25, 0.3) is 0 Å². The first-order chi connectivity index (χ1) is 7.17. The molecule has 0 radical (unpaired) electrons. The van der Waals surface area contributed by atoms with Crippen molar-refractivity contribution in [2.75, 3.05) is 17.3 Å². The van der Waals surface area contributed by atoms with Crippen molar-refractivity contribution in [1.29, 1.82) is 0 Å². The minimum Gasteiger partial charge on any atom is -0.357 e. The summed E-state index contributed by atoms with van der Waals surface area (Å²) in [5.41, 5.74) is 0. The molecular formula is C10H19N3S2. The summed E-state index contributed by atoms with van der Waals surface area (Å²) in [6.07, 6.45) is 3.25. The van der Waals surface area contributed by atoms with Gasteiger partial charge in [0.05, 0.1) is 0 Å². The minimum absolute atomic E-state index is 0.414. The Hall–Kier alpha value is -0.290. The van der Waals surface area contributed by atoms with Crippen LogP contribution >= 0.6 is 23.3 Å². The first-order valence-electron chi connectivity index (χ1n) is 5.26. The second-order valence-electron chi connectivity index (χ2n) is 3.82. The van der Waals surface area contributed by atoms with Crippen molar-refractivity contribution >= 4 is 28.4 Å². The maximum absolute atomic E-state index is 4.47. The topological polar surface area (TPSA) is 37.8 Å². The van der Waals surface area contributed by atoms with Gasteiger partial charge in [-0.15, -0.1) is 0 Å². The monoisotopic (exact) mass is 245 g/mol. The predicted molar refractivity (Wildman–Crippen MR) is 70.1 cm³/mol. The van der Waals surface area contributed by atoms with Crippen LogP contribution in [0.3, 0.4) is 0 Å². The Balaban J connectivity index is 2.55. The molecule has 0 fully saturated rings. The molecule has 1 atom stereocenters. The number of rotatable bonds is 6. The number of anilines is 1. The molecule has 0 aliphatic rings. The van der Waals surface area contributed by atoms with Gasteiger partial charge in [-0.2, -0.15) is 16.1 Å². The Labute approximate surface area is 100 Å². The number of hydrogen-bond acceptors (Lipinski definition) is 5. The highest BCUT2D eigenvalue weighted by atomic mass is 32.2. The van der Waals surface area contributed by atoms with Crippen molar-refractivity contribution in [2.24, 2.45) is 0 Å². The molecule has 0 amide bonds. The van der Waals surface area contributed by atoms with Gasteiger partial charge < -0.3 is 5.32 Å². The minimum atomic E-state index is 0.414. The van der Waals surface area contributed by atoms with Crippen molar-refractivity contribution < 1.29 is 0 Å². The molecule has 86 valence electrons. The fourth-order valence-electron chi connectivity index (χ4n) is 1.17. The molecule has 0 aliphatic heterocycles. The highest BCUT2D eigenvalue weighted by Gasteiger charge is 2.10. The maximum atomic E-state index is 4.47. The average molecular weight is 245 g/mol. The van der Waals surface area contributed by atoms with Crippen LogP contribution < -0.4 is 5.32 Å². The normalized spacial score (nSPS) is 13.1. The molecule has 0 spiro atoms. The predicted octanol–water partition coefficient (Wildman–Crippen LogP) is 3.22. The van der Waals surface area contributed by atoms with Gasteiger partial charge in [0.2, 0.25) is 5.13 Å². The SMILES string of the molecule is CCC(CSC)Nc1nc(C(C)C)ns1. The number of hydrogen-bond donors (Lipinski definition) is 1. The van der Waals surface area contributed by atoms with Crippen LogP contribution in [-0.2, 0) is 0 Å². The Morgan fingerprint density at radius 1 is 1.47 bits per heavy atom.